The Labute approximate surface area is 368 Å². The normalized spacial score (nSPS) is 18.9. The van der Waals surface area contributed by atoms with Crippen LogP contribution in [0.5, 0.6) is 0 Å². The summed E-state index contributed by atoms with van der Waals surface area (Å²) in [5.74, 6) is -0.0741. The zero-order chi connectivity index (χ0) is 44.2. The minimum Gasteiger partial charge on any atom is -0.392 e. The third kappa shape index (κ3) is 8.11. The number of aromatic nitrogens is 5. The first-order valence-electron chi connectivity index (χ1n) is 22.0. The molecule has 63 heavy (non-hydrogen) atoms. The van der Waals surface area contributed by atoms with Crippen LogP contribution >= 0.6 is 0 Å². The minimum absolute atomic E-state index is 0.0574. The number of pyridine rings is 2. The lowest BCUT2D eigenvalue weighted by Gasteiger charge is -2.47. The van der Waals surface area contributed by atoms with E-state index >= 15 is 0 Å². The average Bonchev–Trinajstić information content (AvgIpc) is 3.77. The molecule has 2 amide bonds. The van der Waals surface area contributed by atoms with Gasteiger partial charge in [0.1, 0.15) is 11.5 Å². The number of rotatable bonds is 10. The predicted molar refractivity (Wildman–Crippen MR) is 247 cm³/mol. The van der Waals surface area contributed by atoms with E-state index < -0.39 is 6.61 Å². The van der Waals surface area contributed by atoms with Crippen molar-refractivity contribution in [2.75, 3.05) is 64.6 Å². The number of hydrogen-bond acceptors (Lipinski definition) is 11. The number of piperidine rings is 1. The topological polar surface area (TPSA) is 157 Å². The van der Waals surface area contributed by atoms with E-state index in [1.807, 2.05) is 37.4 Å². The van der Waals surface area contributed by atoms with Crippen LogP contribution in [0.15, 0.2) is 78.5 Å². The van der Waals surface area contributed by atoms with Crippen LogP contribution in [0.4, 0.5) is 34.4 Å². The molecule has 1 atom stereocenters. The number of hydrogen-bond donors (Lipinski definition) is 3. The summed E-state index contributed by atoms with van der Waals surface area (Å²) >= 11 is 0. The van der Waals surface area contributed by atoms with Gasteiger partial charge < -0.3 is 34.7 Å². The van der Waals surface area contributed by atoms with Gasteiger partial charge in [-0.3, -0.25) is 29.2 Å². The lowest BCUT2D eigenvalue weighted by molar-refractivity contribution is -0.111. The second-order valence-corrected chi connectivity index (χ2v) is 18.3. The Hall–Kier alpha value is -6.32. The largest absolute Gasteiger partial charge is 0.392 e. The third-order valence-corrected chi connectivity index (χ3v) is 13.3. The molecule has 0 bridgehead atoms. The molecule has 15 nitrogen and oxygen atoms in total. The molecule has 1 aliphatic carbocycles. The summed E-state index contributed by atoms with van der Waals surface area (Å²) in [6, 6.07) is 14.3. The molecule has 0 radical (unpaired) electrons. The maximum absolute atomic E-state index is 14.0. The number of anilines is 6. The fourth-order valence-corrected chi connectivity index (χ4v) is 10.1. The Balaban J connectivity index is 0.934. The van der Waals surface area contributed by atoms with Crippen LogP contribution in [0.25, 0.3) is 11.3 Å². The molecule has 7 heterocycles. The lowest BCUT2D eigenvalue weighted by atomic mass is 9.90. The van der Waals surface area contributed by atoms with Crippen molar-refractivity contribution in [1.29, 1.82) is 0 Å². The first-order chi connectivity index (χ1) is 30.3. The maximum atomic E-state index is 14.0. The summed E-state index contributed by atoms with van der Waals surface area (Å²) in [6.07, 6.45) is 10.5. The number of nitrogens with zero attached hydrogens (tertiary/aromatic N) is 9. The highest BCUT2D eigenvalue weighted by Gasteiger charge is 2.38. The molecular formula is C48H57N11O4. The fourth-order valence-electron chi connectivity index (χ4n) is 10.1. The van der Waals surface area contributed by atoms with E-state index in [9.17, 15) is 19.5 Å². The third-order valence-electron chi connectivity index (χ3n) is 13.3. The van der Waals surface area contributed by atoms with Gasteiger partial charge in [0.05, 0.1) is 35.6 Å². The van der Waals surface area contributed by atoms with Crippen molar-refractivity contribution in [1.82, 2.24) is 29.0 Å². The number of nitrogens with one attached hydrogen (secondary N) is 2. The van der Waals surface area contributed by atoms with Gasteiger partial charge in [0, 0.05) is 106 Å². The smallest absolute Gasteiger partial charge is 0.293 e. The van der Waals surface area contributed by atoms with Crippen LogP contribution in [0.1, 0.15) is 66.6 Å². The minimum atomic E-state index is -0.396. The van der Waals surface area contributed by atoms with Gasteiger partial charge in [-0.25, -0.2) is 9.97 Å². The SMILES string of the molecule is C=CC(=O)Nc1cc(Nc2nc(-c3ccnc(N4CCn5c(cc6c5CC(C)(C)C6)C4=O)c3CO)cn(C)c2=O)ccc1N1CCN(C2CCN(c3ccc(C)nc3)CC2)C[C@@H]1C. The molecule has 0 spiro atoms. The summed E-state index contributed by atoms with van der Waals surface area (Å²) < 4.78 is 3.59. The first kappa shape index (κ1) is 42.0. The summed E-state index contributed by atoms with van der Waals surface area (Å²) in [4.78, 5) is 63.4. The second-order valence-electron chi connectivity index (χ2n) is 18.3. The zero-order valence-electron chi connectivity index (χ0n) is 36.9. The fraction of sp³-hybridized carbons (Fsp3) is 0.417. The van der Waals surface area contributed by atoms with Gasteiger partial charge in [-0.1, -0.05) is 20.4 Å². The van der Waals surface area contributed by atoms with E-state index in [-0.39, 0.29) is 34.6 Å². The van der Waals surface area contributed by atoms with E-state index in [0.717, 1.165) is 69.8 Å². The summed E-state index contributed by atoms with van der Waals surface area (Å²) in [5, 5.41) is 17.0. The molecule has 0 unspecified atom stereocenters. The highest BCUT2D eigenvalue weighted by Crippen LogP contribution is 2.40. The van der Waals surface area contributed by atoms with Crippen molar-refractivity contribution < 1.29 is 14.7 Å². The van der Waals surface area contributed by atoms with E-state index in [2.05, 4.69) is 79.4 Å². The van der Waals surface area contributed by atoms with Crippen LogP contribution in [0, 0.1) is 12.3 Å². The maximum Gasteiger partial charge on any atom is 0.293 e. The molecule has 2 saturated heterocycles. The molecule has 4 aliphatic rings. The van der Waals surface area contributed by atoms with E-state index in [0.29, 0.717) is 58.8 Å². The molecule has 328 valence electrons. The van der Waals surface area contributed by atoms with Crippen LogP contribution < -0.4 is 30.9 Å². The Bertz CT molecular complexity index is 2640. The first-order valence-corrected chi connectivity index (χ1v) is 22.0. The van der Waals surface area contributed by atoms with Crippen LogP contribution in [0.2, 0.25) is 0 Å². The van der Waals surface area contributed by atoms with Gasteiger partial charge in [0.2, 0.25) is 5.91 Å². The van der Waals surface area contributed by atoms with Crippen molar-refractivity contribution >= 4 is 46.2 Å². The molecule has 4 aromatic heterocycles. The Morgan fingerprint density at radius 3 is 2.54 bits per heavy atom. The summed E-state index contributed by atoms with van der Waals surface area (Å²) in [7, 11) is 1.65. The molecular weight excluding hydrogens is 795 g/mol. The number of aryl methyl sites for hydroxylation is 2. The predicted octanol–water partition coefficient (Wildman–Crippen LogP) is 5.67. The van der Waals surface area contributed by atoms with Crippen molar-refractivity contribution in [2.45, 2.75) is 78.6 Å². The Kier molecular flexibility index (Phi) is 11.2. The van der Waals surface area contributed by atoms with E-state index in [1.54, 1.807) is 30.4 Å². The van der Waals surface area contributed by atoms with Gasteiger partial charge in [0.25, 0.3) is 11.5 Å². The van der Waals surface area contributed by atoms with Crippen molar-refractivity contribution in [3.63, 3.8) is 0 Å². The highest BCUT2D eigenvalue weighted by molar-refractivity contribution is 6.06. The molecule has 3 N–H and O–H groups in total. The van der Waals surface area contributed by atoms with Gasteiger partial charge in [-0.15, -0.1) is 0 Å². The van der Waals surface area contributed by atoms with E-state index in [1.165, 1.54) is 27.6 Å². The van der Waals surface area contributed by atoms with Gasteiger partial charge in [-0.05, 0) is 99.0 Å². The van der Waals surface area contributed by atoms with Gasteiger partial charge in [0.15, 0.2) is 5.82 Å². The summed E-state index contributed by atoms with van der Waals surface area (Å²) in [5.41, 5.74) is 8.54. The number of piperazine rings is 1. The molecule has 9 rings (SSSR count). The molecule has 5 aromatic rings. The molecule has 15 heteroatoms. The number of amides is 2. The van der Waals surface area contributed by atoms with Crippen LogP contribution in [-0.2, 0) is 37.8 Å². The standard InChI is InChI=1S/C48H57N11O4/c1-7-43(61)52-38-23-33(9-11-40(38)57-19-18-56(27-31(57)3)34-13-16-55(17-14-34)35-10-8-30(2)50-26-35)51-44-47(63)54(6)28-39(53-44)36-12-15-49-45(37(36)29-60)59-21-20-58-41(46(59)62)22-32-24-48(4,5)25-42(32)58/h7-12,15,22-23,26,28,31,34,60H,1,13-14,16-21,24-25,27,29H2,2-6H3,(H,51,53)(H,52,61)/t31-/m0/s1. The van der Waals surface area contributed by atoms with Gasteiger partial charge in [-0.2, -0.15) is 0 Å². The van der Waals surface area contributed by atoms with Crippen molar-refractivity contribution in [2.24, 2.45) is 12.5 Å². The number of aliphatic hydroxyl groups is 1. The highest BCUT2D eigenvalue weighted by atomic mass is 16.3. The quantitative estimate of drug-likeness (QED) is 0.149. The number of aliphatic hydroxyl groups excluding tert-OH is 1. The van der Waals surface area contributed by atoms with Crippen molar-refractivity contribution in [3.05, 3.63) is 112 Å². The molecule has 3 aliphatic heterocycles. The van der Waals surface area contributed by atoms with Crippen molar-refractivity contribution in [3.8, 4) is 11.3 Å². The Morgan fingerprint density at radius 1 is 1.00 bits per heavy atom. The molecule has 0 saturated carbocycles. The number of carbonyl (C=O) groups excluding carboxylic acids is 2. The lowest BCUT2D eigenvalue weighted by Crippen LogP contribution is -2.57. The van der Waals surface area contributed by atoms with E-state index in [4.69, 9.17) is 4.98 Å². The molecule has 1 aromatic carbocycles. The Morgan fingerprint density at radius 2 is 1.81 bits per heavy atom. The number of benzene rings is 1. The number of fused-ring (bicyclic) bond motifs is 3. The monoisotopic (exact) mass is 851 g/mol. The van der Waals surface area contributed by atoms with Gasteiger partial charge >= 0.3 is 0 Å². The average molecular weight is 852 g/mol. The zero-order valence-corrected chi connectivity index (χ0v) is 36.9. The summed E-state index contributed by atoms with van der Waals surface area (Å²) in [6.45, 7) is 17.6. The second kappa shape index (κ2) is 16.8. The number of carbonyl (C=O) groups is 2. The molecule has 2 fully saturated rings. The van der Waals surface area contributed by atoms with Crippen LogP contribution in [-0.4, -0.2) is 97.3 Å². The van der Waals surface area contributed by atoms with Crippen LogP contribution in [0.3, 0.4) is 0 Å².